The Kier molecular flexibility index (Phi) is 4.90. The van der Waals surface area contributed by atoms with Gasteiger partial charge in [0.2, 0.25) is 5.91 Å². The van der Waals surface area contributed by atoms with Crippen molar-refractivity contribution in [2.75, 3.05) is 18.8 Å². The van der Waals surface area contributed by atoms with E-state index in [1.807, 2.05) is 13.8 Å². The summed E-state index contributed by atoms with van der Waals surface area (Å²) in [5, 5.41) is 4.58. The Hall–Kier alpha value is -1.12. The molecule has 21 heavy (non-hydrogen) atoms. The lowest BCUT2D eigenvalue weighted by molar-refractivity contribution is -0.124. The Labute approximate surface area is 129 Å². The van der Waals surface area contributed by atoms with Gasteiger partial charge in [-0.3, -0.25) is 4.79 Å². The van der Waals surface area contributed by atoms with E-state index in [-0.39, 0.29) is 22.1 Å². The fraction of sp³-hybridized carbons (Fsp3) is 0.615. The van der Waals surface area contributed by atoms with Gasteiger partial charge in [0.25, 0.3) is 10.0 Å². The lowest BCUT2D eigenvalue weighted by Crippen LogP contribution is -2.47. The van der Waals surface area contributed by atoms with Crippen molar-refractivity contribution < 1.29 is 13.2 Å². The minimum absolute atomic E-state index is 0.0161. The molecular formula is C13H21N3O3S2. The van der Waals surface area contributed by atoms with Gasteiger partial charge in [0.15, 0.2) is 0 Å². The van der Waals surface area contributed by atoms with Crippen molar-refractivity contribution in [2.45, 2.75) is 36.9 Å². The molecule has 1 saturated heterocycles. The SMILES string of the molecule is CC(C)C(=O)NC1CCN(S(=O)(=O)c2cc(N)cs2)CC1. The molecule has 1 aromatic rings. The molecule has 3 N–H and O–H groups in total. The molecule has 118 valence electrons. The van der Waals surface area contributed by atoms with Gasteiger partial charge < -0.3 is 11.1 Å². The third-order valence-electron chi connectivity index (χ3n) is 3.51. The molecule has 1 fully saturated rings. The van der Waals surface area contributed by atoms with Crippen molar-refractivity contribution in [1.82, 2.24) is 9.62 Å². The first kappa shape index (κ1) is 16.3. The van der Waals surface area contributed by atoms with E-state index in [9.17, 15) is 13.2 Å². The smallest absolute Gasteiger partial charge is 0.252 e. The van der Waals surface area contributed by atoms with Crippen molar-refractivity contribution >= 4 is 33.0 Å². The van der Waals surface area contributed by atoms with Crippen LogP contribution in [0.25, 0.3) is 0 Å². The van der Waals surface area contributed by atoms with Gasteiger partial charge in [0.1, 0.15) is 4.21 Å². The van der Waals surface area contributed by atoms with Crippen LogP contribution in [-0.4, -0.2) is 37.8 Å². The van der Waals surface area contributed by atoms with Gasteiger partial charge in [-0.2, -0.15) is 4.31 Å². The number of carbonyl (C=O) groups excluding carboxylic acids is 1. The zero-order valence-electron chi connectivity index (χ0n) is 12.2. The highest BCUT2D eigenvalue weighted by atomic mass is 32.2. The molecule has 0 spiro atoms. The van der Waals surface area contributed by atoms with Crippen molar-refractivity contribution in [2.24, 2.45) is 5.92 Å². The van der Waals surface area contributed by atoms with E-state index < -0.39 is 10.0 Å². The van der Waals surface area contributed by atoms with Gasteiger partial charge in [0.05, 0.1) is 0 Å². The molecule has 2 rings (SSSR count). The molecule has 0 aromatic carbocycles. The number of carbonyl (C=O) groups is 1. The molecule has 0 bridgehead atoms. The lowest BCUT2D eigenvalue weighted by Gasteiger charge is -2.31. The Morgan fingerprint density at radius 3 is 2.52 bits per heavy atom. The van der Waals surface area contributed by atoms with Crippen molar-refractivity contribution in [3.8, 4) is 0 Å². The van der Waals surface area contributed by atoms with Gasteiger partial charge in [-0.25, -0.2) is 8.42 Å². The first-order valence-electron chi connectivity index (χ1n) is 6.95. The Balaban J connectivity index is 1.96. The maximum Gasteiger partial charge on any atom is 0.252 e. The van der Waals surface area contributed by atoms with Crippen LogP contribution in [0.3, 0.4) is 0 Å². The third-order valence-corrected chi connectivity index (χ3v) is 6.85. The molecule has 0 unspecified atom stereocenters. The lowest BCUT2D eigenvalue weighted by atomic mass is 10.1. The number of nitrogens with one attached hydrogen (secondary N) is 1. The Bertz CT molecular complexity index is 602. The van der Waals surface area contributed by atoms with Crippen molar-refractivity contribution in [3.63, 3.8) is 0 Å². The van der Waals surface area contributed by atoms with Gasteiger partial charge >= 0.3 is 0 Å². The topological polar surface area (TPSA) is 92.5 Å². The number of nitrogen functional groups attached to an aromatic ring is 1. The summed E-state index contributed by atoms with van der Waals surface area (Å²) in [4.78, 5) is 11.7. The maximum absolute atomic E-state index is 12.4. The van der Waals surface area contributed by atoms with Crippen LogP contribution in [0.4, 0.5) is 5.69 Å². The fourth-order valence-electron chi connectivity index (χ4n) is 2.20. The number of amides is 1. The van der Waals surface area contributed by atoms with E-state index in [1.54, 1.807) is 5.38 Å². The average Bonchev–Trinajstić information content (AvgIpc) is 2.86. The van der Waals surface area contributed by atoms with Gasteiger partial charge in [-0.1, -0.05) is 13.8 Å². The van der Waals surface area contributed by atoms with Gasteiger partial charge in [0, 0.05) is 36.1 Å². The van der Waals surface area contributed by atoms with Crippen LogP contribution < -0.4 is 11.1 Å². The van der Waals surface area contributed by atoms with E-state index in [0.717, 1.165) is 11.3 Å². The first-order valence-corrected chi connectivity index (χ1v) is 9.27. The van der Waals surface area contributed by atoms with E-state index >= 15 is 0 Å². The fourth-order valence-corrected chi connectivity index (χ4v) is 4.90. The zero-order chi connectivity index (χ0) is 15.6. The number of thiophene rings is 1. The van der Waals surface area contributed by atoms with Crippen LogP contribution >= 0.6 is 11.3 Å². The number of nitrogens with two attached hydrogens (primary N) is 1. The molecule has 8 heteroatoms. The number of sulfonamides is 1. The summed E-state index contributed by atoms with van der Waals surface area (Å²) in [7, 11) is -3.45. The summed E-state index contributed by atoms with van der Waals surface area (Å²) in [6, 6.07) is 1.55. The molecule has 0 aliphatic carbocycles. The molecule has 0 atom stereocenters. The Morgan fingerprint density at radius 2 is 2.05 bits per heavy atom. The molecule has 1 aliphatic rings. The highest BCUT2D eigenvalue weighted by Gasteiger charge is 2.31. The second-order valence-electron chi connectivity index (χ2n) is 5.54. The zero-order valence-corrected chi connectivity index (χ0v) is 13.8. The molecule has 0 radical (unpaired) electrons. The van der Waals surface area contributed by atoms with Crippen LogP contribution in [0.1, 0.15) is 26.7 Å². The summed E-state index contributed by atoms with van der Waals surface area (Å²) in [6.45, 7) is 4.53. The van der Waals surface area contributed by atoms with Crippen LogP contribution in [0.2, 0.25) is 0 Å². The molecule has 2 heterocycles. The second kappa shape index (κ2) is 6.33. The van der Waals surface area contributed by atoms with E-state index in [0.29, 0.717) is 31.6 Å². The maximum atomic E-state index is 12.4. The number of rotatable bonds is 4. The predicted molar refractivity (Wildman–Crippen MR) is 83.5 cm³/mol. The summed E-state index contributed by atoms with van der Waals surface area (Å²) in [5.41, 5.74) is 6.06. The number of hydrogen-bond acceptors (Lipinski definition) is 5. The van der Waals surface area contributed by atoms with Crippen LogP contribution in [0.5, 0.6) is 0 Å². The van der Waals surface area contributed by atoms with Crippen LogP contribution in [0.15, 0.2) is 15.7 Å². The first-order chi connectivity index (χ1) is 9.80. The standard InChI is InChI=1S/C13H21N3O3S2/c1-9(2)13(17)15-11-3-5-16(6-4-11)21(18,19)12-7-10(14)8-20-12/h7-9,11H,3-6,14H2,1-2H3,(H,15,17). The minimum Gasteiger partial charge on any atom is -0.398 e. The van der Waals surface area contributed by atoms with E-state index in [1.165, 1.54) is 10.4 Å². The van der Waals surface area contributed by atoms with Crippen LogP contribution in [0, 0.1) is 5.92 Å². The molecule has 1 amide bonds. The van der Waals surface area contributed by atoms with E-state index in [4.69, 9.17) is 5.73 Å². The summed E-state index contributed by atoms with van der Waals surface area (Å²) in [5.74, 6) is -0.0387. The molecular weight excluding hydrogens is 310 g/mol. The average molecular weight is 331 g/mol. The normalized spacial score (nSPS) is 18.0. The number of anilines is 1. The van der Waals surface area contributed by atoms with E-state index in [2.05, 4.69) is 5.32 Å². The second-order valence-corrected chi connectivity index (χ2v) is 8.62. The largest absolute Gasteiger partial charge is 0.398 e. The molecule has 6 nitrogen and oxygen atoms in total. The summed E-state index contributed by atoms with van der Waals surface area (Å²) < 4.78 is 26.6. The highest BCUT2D eigenvalue weighted by molar-refractivity contribution is 7.91. The number of nitrogens with zero attached hydrogens (tertiary/aromatic N) is 1. The minimum atomic E-state index is -3.45. The monoisotopic (exact) mass is 331 g/mol. The number of piperidine rings is 1. The summed E-state index contributed by atoms with van der Waals surface area (Å²) in [6.07, 6.45) is 1.27. The van der Waals surface area contributed by atoms with Crippen molar-refractivity contribution in [3.05, 3.63) is 11.4 Å². The molecule has 0 saturated carbocycles. The van der Waals surface area contributed by atoms with Gasteiger partial charge in [-0.15, -0.1) is 11.3 Å². The summed E-state index contributed by atoms with van der Waals surface area (Å²) >= 11 is 1.14. The molecule has 1 aliphatic heterocycles. The highest BCUT2D eigenvalue weighted by Crippen LogP contribution is 2.27. The Morgan fingerprint density at radius 1 is 1.43 bits per heavy atom. The third kappa shape index (κ3) is 3.75. The van der Waals surface area contributed by atoms with Gasteiger partial charge in [-0.05, 0) is 18.9 Å². The number of hydrogen-bond donors (Lipinski definition) is 2. The predicted octanol–water partition coefficient (Wildman–Crippen LogP) is 1.26. The quantitative estimate of drug-likeness (QED) is 0.868. The van der Waals surface area contributed by atoms with Crippen LogP contribution in [-0.2, 0) is 14.8 Å². The molecule has 1 aromatic heterocycles. The van der Waals surface area contributed by atoms with Crippen molar-refractivity contribution in [1.29, 1.82) is 0 Å².